The minimum atomic E-state index is -1.10. The number of carboxylic acid groups (broad SMARTS) is 1. The molecule has 0 aliphatic carbocycles. The molecular weight excluding hydrogens is 275 g/mol. The fourth-order valence-electron chi connectivity index (χ4n) is 2.19. The summed E-state index contributed by atoms with van der Waals surface area (Å²) in [4.78, 5) is 10.8. The molecule has 0 aromatic heterocycles. The monoisotopic (exact) mass is 293 g/mol. The summed E-state index contributed by atoms with van der Waals surface area (Å²) in [6, 6.07) is 3.53. The smallest absolute Gasteiger partial charge is 0.335 e. The average molecular weight is 293 g/mol. The van der Waals surface area contributed by atoms with E-state index in [1.54, 1.807) is 0 Å². The number of carboxylic acids is 1. The number of ether oxygens (including phenoxy) is 1. The topological polar surface area (TPSA) is 75.5 Å². The van der Waals surface area contributed by atoms with E-state index in [4.69, 9.17) is 9.84 Å². The lowest BCUT2D eigenvalue weighted by atomic mass is 10.1. The van der Waals surface area contributed by atoms with Gasteiger partial charge in [0, 0.05) is 12.5 Å². The SMILES string of the molecule is CC1=N[NH2+]C(C)=C1CCCOc1cc(C(=O)O)ccc1F. The third kappa shape index (κ3) is 3.66. The van der Waals surface area contributed by atoms with Gasteiger partial charge in [-0.3, -0.25) is 0 Å². The number of hydrogen-bond acceptors (Lipinski definition) is 3. The van der Waals surface area contributed by atoms with E-state index in [2.05, 4.69) is 5.10 Å². The molecule has 0 unspecified atom stereocenters. The Labute approximate surface area is 122 Å². The lowest BCUT2D eigenvalue weighted by molar-refractivity contribution is -0.608. The van der Waals surface area contributed by atoms with Crippen LogP contribution in [0.15, 0.2) is 34.6 Å². The zero-order chi connectivity index (χ0) is 15.4. The van der Waals surface area contributed by atoms with Gasteiger partial charge in [0.05, 0.1) is 12.2 Å². The summed E-state index contributed by atoms with van der Waals surface area (Å²) >= 11 is 0. The zero-order valence-electron chi connectivity index (χ0n) is 12.0. The van der Waals surface area contributed by atoms with Crippen molar-refractivity contribution in [3.63, 3.8) is 0 Å². The standard InChI is InChI=1S/C15H17FN2O3/c1-9-12(10(2)18-17-9)4-3-7-21-14-8-11(15(19)20)5-6-13(14)16/h5-6,8H,3-4,7H2,1-2H3,(H,17,18)(H,19,20)/p+1. The molecule has 0 radical (unpaired) electrons. The van der Waals surface area contributed by atoms with Crippen LogP contribution in [0.2, 0.25) is 0 Å². The molecule has 112 valence electrons. The second-order valence-electron chi connectivity index (χ2n) is 4.91. The zero-order valence-corrected chi connectivity index (χ0v) is 12.0. The molecule has 6 heteroatoms. The summed E-state index contributed by atoms with van der Waals surface area (Å²) in [5.74, 6) is -1.68. The van der Waals surface area contributed by atoms with Crippen molar-refractivity contribution in [2.45, 2.75) is 26.7 Å². The van der Waals surface area contributed by atoms with Crippen molar-refractivity contribution >= 4 is 11.7 Å². The third-order valence-electron chi connectivity index (χ3n) is 3.37. The van der Waals surface area contributed by atoms with Crippen LogP contribution in [-0.4, -0.2) is 23.4 Å². The average Bonchev–Trinajstić information content (AvgIpc) is 2.76. The molecule has 0 saturated heterocycles. The fraction of sp³-hybridized carbons (Fsp3) is 0.333. The summed E-state index contributed by atoms with van der Waals surface area (Å²) in [5.41, 5.74) is 5.19. The Bertz CT molecular complexity index is 623. The molecule has 0 spiro atoms. The van der Waals surface area contributed by atoms with Crippen LogP contribution in [0.1, 0.15) is 37.0 Å². The Morgan fingerprint density at radius 3 is 2.81 bits per heavy atom. The van der Waals surface area contributed by atoms with Crippen LogP contribution < -0.4 is 10.2 Å². The number of aromatic carboxylic acids is 1. The maximum Gasteiger partial charge on any atom is 0.335 e. The van der Waals surface area contributed by atoms with Crippen molar-refractivity contribution < 1.29 is 24.5 Å². The molecule has 2 rings (SSSR count). The van der Waals surface area contributed by atoms with Gasteiger partial charge in [0.1, 0.15) is 11.4 Å². The highest BCUT2D eigenvalue weighted by molar-refractivity contribution is 5.98. The second kappa shape index (κ2) is 6.49. The molecule has 0 amide bonds. The Morgan fingerprint density at radius 1 is 1.43 bits per heavy atom. The van der Waals surface area contributed by atoms with E-state index < -0.39 is 11.8 Å². The van der Waals surface area contributed by atoms with Gasteiger partial charge >= 0.3 is 5.97 Å². The minimum absolute atomic E-state index is 0.0123. The van der Waals surface area contributed by atoms with Crippen LogP contribution in [0.5, 0.6) is 5.75 Å². The largest absolute Gasteiger partial charge is 0.490 e. The molecule has 5 nitrogen and oxygen atoms in total. The van der Waals surface area contributed by atoms with Crippen molar-refractivity contribution in [2.24, 2.45) is 5.10 Å². The number of nitrogens with zero attached hydrogens (tertiary/aromatic N) is 1. The molecule has 1 aromatic carbocycles. The van der Waals surface area contributed by atoms with E-state index in [0.717, 1.165) is 23.9 Å². The van der Waals surface area contributed by atoms with Crippen LogP contribution in [0.3, 0.4) is 0 Å². The molecular formula is C15H18FN2O3+. The molecule has 0 atom stereocenters. The molecule has 0 fully saturated rings. The van der Waals surface area contributed by atoms with E-state index in [0.29, 0.717) is 13.0 Å². The summed E-state index contributed by atoms with van der Waals surface area (Å²) in [5, 5.41) is 13.1. The van der Waals surface area contributed by atoms with Gasteiger partial charge in [0.25, 0.3) is 0 Å². The van der Waals surface area contributed by atoms with E-state index in [1.807, 2.05) is 19.3 Å². The lowest BCUT2D eigenvalue weighted by Crippen LogP contribution is -2.73. The first-order chi connectivity index (χ1) is 9.99. The van der Waals surface area contributed by atoms with E-state index >= 15 is 0 Å². The predicted molar refractivity (Wildman–Crippen MR) is 75.8 cm³/mol. The number of quaternary nitrogens is 1. The van der Waals surface area contributed by atoms with E-state index in [-0.39, 0.29) is 11.3 Å². The third-order valence-corrected chi connectivity index (χ3v) is 3.37. The van der Waals surface area contributed by atoms with Crippen molar-refractivity contribution in [3.05, 3.63) is 40.8 Å². The maximum atomic E-state index is 13.5. The maximum absolute atomic E-state index is 13.5. The molecule has 0 bridgehead atoms. The van der Waals surface area contributed by atoms with Crippen LogP contribution >= 0.6 is 0 Å². The number of hydrogen-bond donors (Lipinski definition) is 2. The van der Waals surface area contributed by atoms with Crippen LogP contribution in [0, 0.1) is 5.82 Å². The normalized spacial score (nSPS) is 14.3. The first-order valence-corrected chi connectivity index (χ1v) is 6.72. The Hall–Kier alpha value is -2.21. The van der Waals surface area contributed by atoms with E-state index in [1.165, 1.54) is 17.7 Å². The molecule has 1 aliphatic rings. The lowest BCUT2D eigenvalue weighted by Gasteiger charge is -2.08. The quantitative estimate of drug-likeness (QED) is 0.621. The molecule has 21 heavy (non-hydrogen) atoms. The van der Waals surface area contributed by atoms with Gasteiger partial charge in [-0.25, -0.2) is 9.18 Å². The summed E-state index contributed by atoms with van der Waals surface area (Å²) in [6.07, 6.45) is 1.52. The molecule has 1 aliphatic heterocycles. The Kier molecular flexibility index (Phi) is 4.70. The number of carbonyl (C=O) groups is 1. The van der Waals surface area contributed by atoms with Gasteiger partial charge in [-0.1, -0.05) is 5.10 Å². The van der Waals surface area contributed by atoms with Gasteiger partial charge in [-0.05, 0) is 38.0 Å². The van der Waals surface area contributed by atoms with Crippen molar-refractivity contribution in [2.75, 3.05) is 6.61 Å². The van der Waals surface area contributed by atoms with Crippen molar-refractivity contribution in [1.29, 1.82) is 0 Å². The number of nitrogens with two attached hydrogens (primary N) is 1. The number of rotatable bonds is 6. The van der Waals surface area contributed by atoms with Crippen LogP contribution in [0.25, 0.3) is 0 Å². The first kappa shape index (κ1) is 15.2. The Balaban J connectivity index is 1.89. The van der Waals surface area contributed by atoms with Gasteiger partial charge in [-0.2, -0.15) is 5.43 Å². The number of benzene rings is 1. The van der Waals surface area contributed by atoms with Crippen LogP contribution in [0.4, 0.5) is 4.39 Å². The Morgan fingerprint density at radius 2 is 2.19 bits per heavy atom. The molecule has 1 heterocycles. The minimum Gasteiger partial charge on any atom is -0.490 e. The first-order valence-electron chi connectivity index (χ1n) is 6.72. The molecule has 3 N–H and O–H groups in total. The highest BCUT2D eigenvalue weighted by Gasteiger charge is 2.17. The van der Waals surface area contributed by atoms with E-state index in [9.17, 15) is 9.18 Å². The highest BCUT2D eigenvalue weighted by Crippen LogP contribution is 2.20. The fourth-order valence-corrected chi connectivity index (χ4v) is 2.19. The van der Waals surface area contributed by atoms with Crippen molar-refractivity contribution in [3.8, 4) is 5.75 Å². The van der Waals surface area contributed by atoms with Gasteiger partial charge in [0.15, 0.2) is 11.6 Å². The number of halogens is 1. The second-order valence-corrected chi connectivity index (χ2v) is 4.91. The highest BCUT2D eigenvalue weighted by atomic mass is 19.1. The van der Waals surface area contributed by atoms with Gasteiger partial charge in [0.2, 0.25) is 0 Å². The molecule has 1 aromatic rings. The predicted octanol–water partition coefficient (Wildman–Crippen LogP) is 1.91. The van der Waals surface area contributed by atoms with Gasteiger partial charge in [-0.15, -0.1) is 0 Å². The van der Waals surface area contributed by atoms with Gasteiger partial charge < -0.3 is 9.84 Å². The summed E-state index contributed by atoms with van der Waals surface area (Å²) in [7, 11) is 0. The number of allylic oxidation sites excluding steroid dienone is 2. The van der Waals surface area contributed by atoms with Crippen molar-refractivity contribution in [1.82, 2.24) is 0 Å². The van der Waals surface area contributed by atoms with Crippen LogP contribution in [-0.2, 0) is 0 Å². The summed E-state index contributed by atoms with van der Waals surface area (Å²) < 4.78 is 18.9. The summed E-state index contributed by atoms with van der Waals surface area (Å²) in [6.45, 7) is 4.29. The molecule has 0 saturated carbocycles.